The van der Waals surface area contributed by atoms with Crippen molar-refractivity contribution < 1.29 is 0 Å². The van der Waals surface area contributed by atoms with Crippen LogP contribution < -0.4 is 5.32 Å². The van der Waals surface area contributed by atoms with Crippen LogP contribution >= 0.6 is 22.9 Å². The van der Waals surface area contributed by atoms with Gasteiger partial charge in [0, 0.05) is 0 Å². The first kappa shape index (κ1) is 11.3. The van der Waals surface area contributed by atoms with E-state index in [1.54, 1.807) is 11.3 Å². The van der Waals surface area contributed by atoms with Crippen LogP contribution in [0, 0.1) is 0 Å². The molecule has 3 rings (SSSR count). The molecule has 0 spiro atoms. The van der Waals surface area contributed by atoms with E-state index in [0.29, 0.717) is 6.04 Å². The van der Waals surface area contributed by atoms with Gasteiger partial charge in [0.25, 0.3) is 0 Å². The van der Waals surface area contributed by atoms with Crippen molar-refractivity contribution in [2.75, 3.05) is 6.54 Å². The van der Waals surface area contributed by atoms with Gasteiger partial charge in [-0.2, -0.15) is 0 Å². The molecule has 3 heterocycles. The predicted molar refractivity (Wildman–Crippen MR) is 71.5 cm³/mol. The van der Waals surface area contributed by atoms with Gasteiger partial charge in [0.15, 0.2) is 0 Å². The van der Waals surface area contributed by atoms with Crippen molar-refractivity contribution in [3.8, 4) is 10.6 Å². The molecule has 2 aromatic heterocycles. The number of hydrogen-bond acceptors (Lipinski definition) is 3. The number of hydrogen-bond donors (Lipinski definition) is 2. The van der Waals surface area contributed by atoms with Crippen LogP contribution in [0.5, 0.6) is 0 Å². The molecule has 5 heteroatoms. The molecule has 0 amide bonds. The van der Waals surface area contributed by atoms with Crippen LogP contribution in [0.3, 0.4) is 0 Å². The molecule has 17 heavy (non-hydrogen) atoms. The molecule has 1 aliphatic rings. The number of aromatic amines is 1. The van der Waals surface area contributed by atoms with Crippen LogP contribution in [0.15, 0.2) is 18.3 Å². The first-order valence-corrected chi connectivity index (χ1v) is 7.06. The predicted octanol–water partition coefficient (Wildman–Crippen LogP) is 3.61. The Balaban J connectivity index is 1.82. The van der Waals surface area contributed by atoms with E-state index in [2.05, 4.69) is 15.3 Å². The van der Waals surface area contributed by atoms with Crippen molar-refractivity contribution in [3.63, 3.8) is 0 Å². The summed E-state index contributed by atoms with van der Waals surface area (Å²) in [4.78, 5) is 9.00. The number of imidazole rings is 1. The molecule has 1 unspecified atom stereocenters. The lowest BCUT2D eigenvalue weighted by molar-refractivity contribution is 0.399. The Morgan fingerprint density at radius 2 is 2.29 bits per heavy atom. The van der Waals surface area contributed by atoms with E-state index in [4.69, 9.17) is 11.6 Å². The van der Waals surface area contributed by atoms with Crippen molar-refractivity contribution in [1.29, 1.82) is 0 Å². The second-order valence-electron chi connectivity index (χ2n) is 4.29. The van der Waals surface area contributed by atoms with Crippen molar-refractivity contribution in [2.24, 2.45) is 0 Å². The topological polar surface area (TPSA) is 40.7 Å². The maximum absolute atomic E-state index is 5.94. The minimum absolute atomic E-state index is 0.382. The van der Waals surface area contributed by atoms with Crippen LogP contribution in [-0.2, 0) is 0 Å². The molecule has 2 N–H and O–H groups in total. The van der Waals surface area contributed by atoms with Gasteiger partial charge >= 0.3 is 0 Å². The van der Waals surface area contributed by atoms with Crippen molar-refractivity contribution in [2.45, 2.75) is 25.3 Å². The largest absolute Gasteiger partial charge is 0.340 e. The Hall–Kier alpha value is -0.840. The van der Waals surface area contributed by atoms with Gasteiger partial charge < -0.3 is 10.3 Å². The fraction of sp³-hybridized carbons (Fsp3) is 0.417. The zero-order valence-electron chi connectivity index (χ0n) is 9.37. The highest BCUT2D eigenvalue weighted by molar-refractivity contribution is 7.19. The van der Waals surface area contributed by atoms with Gasteiger partial charge in [-0.3, -0.25) is 0 Å². The molecule has 0 aliphatic carbocycles. The average molecular weight is 268 g/mol. The van der Waals surface area contributed by atoms with Crippen LogP contribution in [0.25, 0.3) is 10.6 Å². The van der Waals surface area contributed by atoms with E-state index >= 15 is 0 Å². The summed E-state index contributed by atoms with van der Waals surface area (Å²) in [7, 11) is 0. The number of halogens is 1. The third kappa shape index (κ3) is 2.39. The summed E-state index contributed by atoms with van der Waals surface area (Å²) in [5.74, 6) is 1.05. The van der Waals surface area contributed by atoms with Gasteiger partial charge in [0.1, 0.15) is 5.82 Å². The highest BCUT2D eigenvalue weighted by Crippen LogP contribution is 2.31. The molecule has 1 atom stereocenters. The summed E-state index contributed by atoms with van der Waals surface area (Å²) in [5, 5.41) is 3.49. The molecule has 1 saturated heterocycles. The number of rotatable bonds is 2. The summed E-state index contributed by atoms with van der Waals surface area (Å²) in [6, 6.07) is 4.33. The SMILES string of the molecule is Clc1ccc(-c2cnc(C3CCCCN3)[nH]2)s1. The number of piperidine rings is 1. The van der Waals surface area contributed by atoms with E-state index in [9.17, 15) is 0 Å². The second kappa shape index (κ2) is 4.80. The zero-order chi connectivity index (χ0) is 11.7. The molecule has 0 bridgehead atoms. The van der Waals surface area contributed by atoms with Crippen molar-refractivity contribution >= 4 is 22.9 Å². The number of nitrogens with one attached hydrogen (secondary N) is 2. The molecule has 1 fully saturated rings. The summed E-state index contributed by atoms with van der Waals surface area (Å²) in [6.07, 6.45) is 5.61. The van der Waals surface area contributed by atoms with Crippen molar-refractivity contribution in [3.05, 3.63) is 28.5 Å². The quantitative estimate of drug-likeness (QED) is 0.873. The minimum atomic E-state index is 0.382. The van der Waals surface area contributed by atoms with Gasteiger partial charge in [-0.15, -0.1) is 11.3 Å². The van der Waals surface area contributed by atoms with Gasteiger partial charge in [0.2, 0.25) is 0 Å². The molecule has 3 nitrogen and oxygen atoms in total. The minimum Gasteiger partial charge on any atom is -0.340 e. The van der Waals surface area contributed by atoms with Gasteiger partial charge in [0.05, 0.1) is 27.1 Å². The van der Waals surface area contributed by atoms with Gasteiger partial charge in [-0.05, 0) is 31.5 Å². The van der Waals surface area contributed by atoms with Crippen molar-refractivity contribution in [1.82, 2.24) is 15.3 Å². The lowest BCUT2D eigenvalue weighted by atomic mass is 10.0. The average Bonchev–Trinajstić information content (AvgIpc) is 2.98. The fourth-order valence-corrected chi connectivity index (χ4v) is 3.19. The Bertz CT molecular complexity index is 499. The van der Waals surface area contributed by atoms with Crippen LogP contribution in [0.1, 0.15) is 31.1 Å². The third-order valence-corrected chi connectivity index (χ3v) is 4.34. The molecule has 0 radical (unpaired) electrons. The third-order valence-electron chi connectivity index (χ3n) is 3.07. The molecular formula is C12H14ClN3S. The number of aromatic nitrogens is 2. The lowest BCUT2D eigenvalue weighted by Gasteiger charge is -2.21. The normalized spacial score (nSPS) is 20.6. The first-order valence-electron chi connectivity index (χ1n) is 5.87. The maximum Gasteiger partial charge on any atom is 0.123 e. The van der Waals surface area contributed by atoms with Crippen LogP contribution in [0.4, 0.5) is 0 Å². The second-order valence-corrected chi connectivity index (χ2v) is 6.00. The highest BCUT2D eigenvalue weighted by Gasteiger charge is 2.18. The van der Waals surface area contributed by atoms with Crippen LogP contribution in [-0.4, -0.2) is 16.5 Å². The van der Waals surface area contributed by atoms with E-state index < -0.39 is 0 Å². The number of nitrogens with zero attached hydrogens (tertiary/aromatic N) is 1. The number of thiophene rings is 1. The Labute approximate surface area is 109 Å². The molecular weight excluding hydrogens is 254 g/mol. The smallest absolute Gasteiger partial charge is 0.123 e. The van der Waals surface area contributed by atoms with E-state index in [1.807, 2.05) is 18.3 Å². The maximum atomic E-state index is 5.94. The van der Waals surface area contributed by atoms with Crippen LogP contribution in [0.2, 0.25) is 4.34 Å². The zero-order valence-corrected chi connectivity index (χ0v) is 10.9. The Kier molecular flexibility index (Phi) is 3.18. The molecule has 2 aromatic rings. The molecule has 0 saturated carbocycles. The molecule has 1 aliphatic heterocycles. The fourth-order valence-electron chi connectivity index (χ4n) is 2.18. The summed E-state index contributed by atoms with van der Waals surface area (Å²) >= 11 is 7.51. The van der Waals surface area contributed by atoms with E-state index in [-0.39, 0.29) is 0 Å². The molecule has 90 valence electrons. The standard InChI is InChI=1S/C12H14ClN3S/c13-11-5-4-10(17-11)9-7-15-12(16-9)8-3-1-2-6-14-8/h4-5,7-8,14H,1-3,6H2,(H,15,16). The van der Waals surface area contributed by atoms with E-state index in [0.717, 1.165) is 33.7 Å². The lowest BCUT2D eigenvalue weighted by Crippen LogP contribution is -2.27. The number of H-pyrrole nitrogens is 1. The first-order chi connectivity index (χ1) is 8.33. The highest BCUT2D eigenvalue weighted by atomic mass is 35.5. The van der Waals surface area contributed by atoms with Gasteiger partial charge in [-0.25, -0.2) is 4.98 Å². The Morgan fingerprint density at radius 3 is 3.00 bits per heavy atom. The van der Waals surface area contributed by atoms with Gasteiger partial charge in [-0.1, -0.05) is 18.0 Å². The van der Waals surface area contributed by atoms with E-state index in [1.165, 1.54) is 12.8 Å². The summed E-state index contributed by atoms with van der Waals surface area (Å²) in [6.45, 7) is 1.09. The Morgan fingerprint density at radius 1 is 1.35 bits per heavy atom. The monoisotopic (exact) mass is 267 g/mol. The summed E-state index contributed by atoms with van der Waals surface area (Å²) < 4.78 is 0.812. The molecule has 0 aromatic carbocycles. The summed E-state index contributed by atoms with van der Waals surface area (Å²) in [5.41, 5.74) is 1.06.